The number of carbonyl (C=O) groups excluding carboxylic acids is 1. The zero-order chi connectivity index (χ0) is 13.0. The summed E-state index contributed by atoms with van der Waals surface area (Å²) in [5.74, 6) is 5.04. The molecule has 1 aliphatic rings. The van der Waals surface area contributed by atoms with Gasteiger partial charge in [0.05, 0.1) is 6.04 Å². The molecule has 5 heteroatoms. The molecule has 1 aromatic carbocycles. The van der Waals surface area contributed by atoms with E-state index >= 15 is 0 Å². The number of nitrogens with two attached hydrogens (primary N) is 1. The van der Waals surface area contributed by atoms with Crippen molar-refractivity contribution in [2.24, 2.45) is 5.84 Å². The molecule has 1 fully saturated rings. The maximum atomic E-state index is 11.5. The zero-order valence-corrected chi connectivity index (χ0v) is 10.7. The second-order valence-electron chi connectivity index (χ2n) is 4.54. The standard InChI is InChI=1S/C13H20N4O/c1-11(13(18)15-14)16-7-9-17(10-8-16)12-5-3-2-4-6-12/h2-6,11H,7-10,14H2,1H3,(H,15,18)/t11-/m1/s1. The lowest BCUT2D eigenvalue weighted by molar-refractivity contribution is -0.126. The number of carbonyl (C=O) groups is 1. The van der Waals surface area contributed by atoms with Gasteiger partial charge in [0.25, 0.3) is 5.91 Å². The summed E-state index contributed by atoms with van der Waals surface area (Å²) < 4.78 is 0. The predicted octanol–water partition coefficient (Wildman–Crippen LogP) is 0.187. The number of hydrogen-bond acceptors (Lipinski definition) is 4. The highest BCUT2D eigenvalue weighted by molar-refractivity contribution is 5.80. The van der Waals surface area contributed by atoms with Gasteiger partial charge >= 0.3 is 0 Å². The summed E-state index contributed by atoms with van der Waals surface area (Å²) in [6, 6.07) is 10.2. The summed E-state index contributed by atoms with van der Waals surface area (Å²) in [4.78, 5) is 16.0. The average Bonchev–Trinajstić information content (AvgIpc) is 2.47. The second-order valence-corrected chi connectivity index (χ2v) is 4.54. The largest absolute Gasteiger partial charge is 0.369 e. The van der Waals surface area contributed by atoms with Crippen molar-refractivity contribution in [1.29, 1.82) is 0 Å². The van der Waals surface area contributed by atoms with E-state index in [0.717, 1.165) is 26.2 Å². The number of piperazine rings is 1. The molecule has 0 aliphatic carbocycles. The third-order valence-corrected chi connectivity index (χ3v) is 3.51. The van der Waals surface area contributed by atoms with Crippen molar-refractivity contribution in [3.8, 4) is 0 Å². The average molecular weight is 248 g/mol. The first kappa shape index (κ1) is 12.9. The maximum absolute atomic E-state index is 11.5. The van der Waals surface area contributed by atoms with E-state index in [1.165, 1.54) is 5.69 Å². The number of hydrazine groups is 1. The fourth-order valence-corrected chi connectivity index (χ4v) is 2.29. The van der Waals surface area contributed by atoms with Crippen LogP contribution < -0.4 is 16.2 Å². The van der Waals surface area contributed by atoms with Crippen molar-refractivity contribution in [3.05, 3.63) is 30.3 Å². The maximum Gasteiger partial charge on any atom is 0.250 e. The molecule has 0 aromatic heterocycles. The SMILES string of the molecule is C[C@H](C(=O)NN)N1CCN(c2ccccc2)CC1. The Hall–Kier alpha value is -1.59. The van der Waals surface area contributed by atoms with Gasteiger partial charge in [-0.2, -0.15) is 0 Å². The molecule has 0 radical (unpaired) electrons. The van der Waals surface area contributed by atoms with Crippen LogP contribution in [0.3, 0.4) is 0 Å². The molecule has 0 unspecified atom stereocenters. The molecule has 5 nitrogen and oxygen atoms in total. The first-order valence-electron chi connectivity index (χ1n) is 6.27. The Labute approximate surface area is 108 Å². The first-order valence-corrected chi connectivity index (χ1v) is 6.27. The van der Waals surface area contributed by atoms with Crippen LogP contribution in [0.4, 0.5) is 5.69 Å². The normalized spacial score (nSPS) is 18.4. The van der Waals surface area contributed by atoms with Crippen LogP contribution in [0.1, 0.15) is 6.92 Å². The van der Waals surface area contributed by atoms with Gasteiger partial charge in [0, 0.05) is 31.9 Å². The summed E-state index contributed by atoms with van der Waals surface area (Å²) in [5, 5.41) is 0. The molecule has 1 heterocycles. The van der Waals surface area contributed by atoms with Gasteiger partial charge in [-0.25, -0.2) is 5.84 Å². The van der Waals surface area contributed by atoms with E-state index in [1.54, 1.807) is 0 Å². The van der Waals surface area contributed by atoms with Gasteiger partial charge < -0.3 is 4.90 Å². The third-order valence-electron chi connectivity index (χ3n) is 3.51. The second kappa shape index (κ2) is 5.84. The van der Waals surface area contributed by atoms with Gasteiger partial charge in [-0.3, -0.25) is 15.1 Å². The molecule has 0 saturated carbocycles. The fraction of sp³-hybridized carbons (Fsp3) is 0.462. The number of benzene rings is 1. The Morgan fingerprint density at radius 2 is 1.83 bits per heavy atom. The van der Waals surface area contributed by atoms with Crippen LogP contribution in [-0.2, 0) is 4.79 Å². The number of hydrogen-bond donors (Lipinski definition) is 2. The minimum Gasteiger partial charge on any atom is -0.369 e. The summed E-state index contributed by atoms with van der Waals surface area (Å²) in [6.07, 6.45) is 0. The molecule has 18 heavy (non-hydrogen) atoms. The fourth-order valence-electron chi connectivity index (χ4n) is 2.29. The van der Waals surface area contributed by atoms with Crippen LogP contribution in [0.5, 0.6) is 0 Å². The molecular formula is C13H20N4O. The lowest BCUT2D eigenvalue weighted by Gasteiger charge is -2.38. The van der Waals surface area contributed by atoms with Gasteiger partial charge in [-0.1, -0.05) is 18.2 Å². The topological polar surface area (TPSA) is 61.6 Å². The summed E-state index contributed by atoms with van der Waals surface area (Å²) in [7, 11) is 0. The van der Waals surface area contributed by atoms with Crippen molar-refractivity contribution in [2.75, 3.05) is 31.1 Å². The van der Waals surface area contributed by atoms with Gasteiger partial charge in [-0.05, 0) is 19.1 Å². The van der Waals surface area contributed by atoms with E-state index < -0.39 is 0 Å². The number of amides is 1. The van der Waals surface area contributed by atoms with Crippen LogP contribution in [0.25, 0.3) is 0 Å². The smallest absolute Gasteiger partial charge is 0.250 e. The number of anilines is 1. The number of para-hydroxylation sites is 1. The predicted molar refractivity (Wildman–Crippen MR) is 72.0 cm³/mol. The number of nitrogens with zero attached hydrogens (tertiary/aromatic N) is 2. The van der Waals surface area contributed by atoms with Gasteiger partial charge in [0.2, 0.25) is 0 Å². The number of nitrogens with one attached hydrogen (secondary N) is 1. The molecule has 1 aromatic rings. The molecule has 1 aliphatic heterocycles. The van der Waals surface area contributed by atoms with Gasteiger partial charge in [0.15, 0.2) is 0 Å². The monoisotopic (exact) mass is 248 g/mol. The molecule has 1 saturated heterocycles. The summed E-state index contributed by atoms with van der Waals surface area (Å²) in [5.41, 5.74) is 3.45. The molecule has 3 N–H and O–H groups in total. The summed E-state index contributed by atoms with van der Waals surface area (Å²) in [6.45, 7) is 5.52. The third kappa shape index (κ3) is 2.80. The molecule has 98 valence electrons. The van der Waals surface area contributed by atoms with Crippen molar-refractivity contribution < 1.29 is 4.79 Å². The van der Waals surface area contributed by atoms with Crippen LogP contribution in [-0.4, -0.2) is 43.0 Å². The molecule has 2 rings (SSSR count). The summed E-state index contributed by atoms with van der Waals surface area (Å²) >= 11 is 0. The molecule has 1 amide bonds. The van der Waals surface area contributed by atoms with Crippen molar-refractivity contribution in [3.63, 3.8) is 0 Å². The lowest BCUT2D eigenvalue weighted by Crippen LogP contribution is -2.54. The molecule has 0 bridgehead atoms. The first-order chi connectivity index (χ1) is 8.72. The Balaban J connectivity index is 1.90. The van der Waals surface area contributed by atoms with Crippen molar-refractivity contribution in [2.45, 2.75) is 13.0 Å². The van der Waals surface area contributed by atoms with Crippen LogP contribution in [0, 0.1) is 0 Å². The highest BCUT2D eigenvalue weighted by atomic mass is 16.2. The van der Waals surface area contributed by atoms with Crippen LogP contribution in [0.15, 0.2) is 30.3 Å². The highest BCUT2D eigenvalue weighted by Gasteiger charge is 2.24. The number of rotatable bonds is 3. The van der Waals surface area contributed by atoms with E-state index in [0.29, 0.717) is 0 Å². The van der Waals surface area contributed by atoms with Crippen LogP contribution >= 0.6 is 0 Å². The van der Waals surface area contributed by atoms with Crippen LogP contribution in [0.2, 0.25) is 0 Å². The highest BCUT2D eigenvalue weighted by Crippen LogP contribution is 2.16. The minimum atomic E-state index is -0.159. The Kier molecular flexibility index (Phi) is 4.17. The Morgan fingerprint density at radius 3 is 2.39 bits per heavy atom. The van der Waals surface area contributed by atoms with Crippen molar-refractivity contribution >= 4 is 11.6 Å². The molecule has 1 atom stereocenters. The minimum absolute atomic E-state index is 0.122. The van der Waals surface area contributed by atoms with E-state index in [2.05, 4.69) is 27.4 Å². The Bertz CT molecular complexity index is 387. The molecule has 0 spiro atoms. The van der Waals surface area contributed by atoms with Crippen molar-refractivity contribution in [1.82, 2.24) is 10.3 Å². The quantitative estimate of drug-likeness (QED) is 0.455. The molecular weight excluding hydrogens is 228 g/mol. The van der Waals surface area contributed by atoms with Gasteiger partial charge in [-0.15, -0.1) is 0 Å². The lowest BCUT2D eigenvalue weighted by atomic mass is 10.2. The van der Waals surface area contributed by atoms with E-state index in [1.807, 2.05) is 25.1 Å². The Morgan fingerprint density at radius 1 is 1.22 bits per heavy atom. The zero-order valence-electron chi connectivity index (χ0n) is 10.7. The van der Waals surface area contributed by atoms with E-state index in [-0.39, 0.29) is 11.9 Å². The van der Waals surface area contributed by atoms with Gasteiger partial charge in [0.1, 0.15) is 0 Å². The van der Waals surface area contributed by atoms with E-state index in [9.17, 15) is 4.79 Å². The van der Waals surface area contributed by atoms with E-state index in [4.69, 9.17) is 5.84 Å².